The molecule has 1 aliphatic rings. The fraction of sp³-hybridized carbons (Fsp3) is 0.0909. The first-order valence-electron chi connectivity index (χ1n) is 9.29. The molecule has 4 N–H and O–H groups in total. The second-order valence-corrected chi connectivity index (χ2v) is 8.27. The molecule has 4 heterocycles. The normalized spacial score (nSPS) is 15.4. The van der Waals surface area contributed by atoms with Crippen molar-refractivity contribution >= 4 is 40.0 Å². The van der Waals surface area contributed by atoms with Crippen LogP contribution in [-0.2, 0) is 4.79 Å². The van der Waals surface area contributed by atoms with Crippen molar-refractivity contribution in [3.63, 3.8) is 0 Å². The molecule has 7 nitrogen and oxygen atoms in total. The molecule has 0 spiro atoms. The summed E-state index contributed by atoms with van der Waals surface area (Å²) in [6, 6.07) is 13.8. The molecule has 0 aliphatic carbocycles. The van der Waals surface area contributed by atoms with Crippen LogP contribution < -0.4 is 11.1 Å². The number of benzene rings is 1. The summed E-state index contributed by atoms with van der Waals surface area (Å²) in [6.45, 7) is 2.03. The van der Waals surface area contributed by atoms with Gasteiger partial charge < -0.3 is 16.2 Å². The Hall–Kier alpha value is -3.62. The van der Waals surface area contributed by atoms with E-state index in [9.17, 15) is 9.90 Å². The van der Waals surface area contributed by atoms with Gasteiger partial charge in [0.05, 0.1) is 21.7 Å². The van der Waals surface area contributed by atoms with Crippen LogP contribution in [0.2, 0.25) is 0 Å². The number of aliphatic hydroxyl groups excluding tert-OH is 1. The zero-order valence-electron chi connectivity index (χ0n) is 16.0. The number of aryl methyl sites for hydroxylation is 1. The van der Waals surface area contributed by atoms with Crippen LogP contribution >= 0.6 is 11.3 Å². The van der Waals surface area contributed by atoms with Crippen molar-refractivity contribution in [3.05, 3.63) is 64.8 Å². The first-order valence-corrected chi connectivity index (χ1v) is 10.1. The highest BCUT2D eigenvalue weighted by Crippen LogP contribution is 2.37. The van der Waals surface area contributed by atoms with Gasteiger partial charge in [-0.25, -0.2) is 9.97 Å². The third-order valence-corrected chi connectivity index (χ3v) is 5.93. The number of carbonyl (C=O) groups excluding carboxylic acids is 1. The molecule has 4 aromatic rings. The number of rotatable bonds is 3. The van der Waals surface area contributed by atoms with Crippen LogP contribution in [0.1, 0.15) is 10.6 Å². The van der Waals surface area contributed by atoms with Gasteiger partial charge in [-0.05, 0) is 43.3 Å². The summed E-state index contributed by atoms with van der Waals surface area (Å²) in [5, 5.41) is 14.0. The number of aliphatic hydroxyl groups is 1. The van der Waals surface area contributed by atoms with Gasteiger partial charge in [-0.3, -0.25) is 9.78 Å². The molecular formula is C22H17N5O2S. The minimum absolute atomic E-state index is 0.0465. The van der Waals surface area contributed by atoms with Crippen molar-refractivity contribution in [3.8, 4) is 21.8 Å². The fourth-order valence-corrected chi connectivity index (χ4v) is 4.31. The van der Waals surface area contributed by atoms with Gasteiger partial charge in [0.15, 0.2) is 12.0 Å². The van der Waals surface area contributed by atoms with E-state index < -0.39 is 12.1 Å². The molecule has 0 fully saturated rings. The molecule has 0 bridgehead atoms. The molecule has 30 heavy (non-hydrogen) atoms. The zero-order valence-corrected chi connectivity index (χ0v) is 16.8. The average Bonchev–Trinajstić information content (AvgIpc) is 3.18. The van der Waals surface area contributed by atoms with Crippen molar-refractivity contribution in [2.24, 2.45) is 5.73 Å². The summed E-state index contributed by atoms with van der Waals surface area (Å²) in [5.41, 5.74) is 9.04. The number of thiophene rings is 1. The Bertz CT molecular complexity index is 1340. The molecule has 0 radical (unpaired) electrons. The Labute approximate surface area is 176 Å². The predicted molar refractivity (Wildman–Crippen MR) is 118 cm³/mol. The highest BCUT2D eigenvalue weighted by molar-refractivity contribution is 7.15. The number of aromatic nitrogens is 3. The highest BCUT2D eigenvalue weighted by Gasteiger charge is 2.26. The predicted octanol–water partition coefficient (Wildman–Crippen LogP) is 3.34. The lowest BCUT2D eigenvalue weighted by atomic mass is 10.0. The number of nitrogens with one attached hydrogen (secondary N) is 1. The summed E-state index contributed by atoms with van der Waals surface area (Å²) in [4.78, 5) is 27.7. The van der Waals surface area contributed by atoms with Crippen LogP contribution in [0.15, 0.2) is 54.2 Å². The quantitative estimate of drug-likeness (QED) is 0.473. The minimum Gasteiger partial charge on any atom is -0.369 e. The molecule has 1 aromatic carbocycles. The SMILES string of the molecule is Cc1ccc(-c2nc3c(nc2-c2ccc4ncccc4c2)C=C(C(N)=O)C(O)N3)s1. The van der Waals surface area contributed by atoms with Crippen LogP contribution in [0.4, 0.5) is 5.82 Å². The monoisotopic (exact) mass is 415 g/mol. The van der Waals surface area contributed by atoms with E-state index in [-0.39, 0.29) is 5.57 Å². The molecule has 1 atom stereocenters. The van der Waals surface area contributed by atoms with Gasteiger partial charge >= 0.3 is 0 Å². The Kier molecular flexibility index (Phi) is 4.30. The molecule has 1 amide bonds. The summed E-state index contributed by atoms with van der Waals surface area (Å²) in [7, 11) is 0. The smallest absolute Gasteiger partial charge is 0.249 e. The highest BCUT2D eigenvalue weighted by atomic mass is 32.1. The van der Waals surface area contributed by atoms with Crippen LogP contribution in [0.5, 0.6) is 0 Å². The summed E-state index contributed by atoms with van der Waals surface area (Å²) in [5.74, 6) is -0.307. The molecule has 0 saturated heterocycles. The van der Waals surface area contributed by atoms with Crippen molar-refractivity contribution in [2.75, 3.05) is 5.32 Å². The molecule has 1 unspecified atom stereocenters. The zero-order chi connectivity index (χ0) is 20.8. The van der Waals surface area contributed by atoms with Gasteiger partial charge in [-0.2, -0.15) is 0 Å². The van der Waals surface area contributed by atoms with Gasteiger partial charge in [0.1, 0.15) is 11.4 Å². The van der Waals surface area contributed by atoms with Gasteiger partial charge in [-0.15, -0.1) is 11.3 Å². The number of anilines is 1. The van der Waals surface area contributed by atoms with Crippen LogP contribution in [-0.4, -0.2) is 32.2 Å². The van der Waals surface area contributed by atoms with Crippen LogP contribution in [0.25, 0.3) is 38.8 Å². The Morgan fingerprint density at radius 1 is 1.17 bits per heavy atom. The number of fused-ring (bicyclic) bond motifs is 2. The standard InChI is InChI=1S/C22H17N5O2S/c1-11-4-7-17(30-11)19-18(13-5-6-15-12(9-13)3-2-8-24-15)25-16-10-14(20(23)28)22(29)27-21(16)26-19/h2-10,22,29H,1H3,(H2,23,28)(H,26,27). The van der Waals surface area contributed by atoms with Crippen molar-refractivity contribution in [1.82, 2.24) is 15.0 Å². The van der Waals surface area contributed by atoms with E-state index >= 15 is 0 Å². The van der Waals surface area contributed by atoms with E-state index in [4.69, 9.17) is 15.7 Å². The molecule has 1 aliphatic heterocycles. The maximum absolute atomic E-state index is 11.7. The molecular weight excluding hydrogens is 398 g/mol. The second-order valence-electron chi connectivity index (χ2n) is 6.99. The topological polar surface area (TPSA) is 114 Å². The summed E-state index contributed by atoms with van der Waals surface area (Å²) >= 11 is 1.62. The first kappa shape index (κ1) is 18.4. The van der Waals surface area contributed by atoms with E-state index in [1.165, 1.54) is 6.08 Å². The van der Waals surface area contributed by atoms with Gasteiger partial charge in [0.25, 0.3) is 0 Å². The number of hydrogen-bond acceptors (Lipinski definition) is 7. The minimum atomic E-state index is -1.22. The molecule has 148 valence electrons. The van der Waals surface area contributed by atoms with Gasteiger partial charge in [-0.1, -0.05) is 12.1 Å². The van der Waals surface area contributed by atoms with E-state index in [0.717, 1.165) is 26.2 Å². The first-order chi connectivity index (χ1) is 14.5. The number of amides is 1. The number of nitrogens with two attached hydrogens (primary N) is 1. The lowest BCUT2D eigenvalue weighted by molar-refractivity contribution is -0.115. The van der Waals surface area contributed by atoms with Crippen LogP contribution in [0, 0.1) is 6.92 Å². The maximum atomic E-state index is 11.7. The van der Waals surface area contributed by atoms with Crippen molar-refractivity contribution < 1.29 is 9.90 Å². The largest absolute Gasteiger partial charge is 0.369 e. The van der Waals surface area contributed by atoms with E-state index in [1.807, 2.05) is 49.4 Å². The molecule has 8 heteroatoms. The van der Waals surface area contributed by atoms with E-state index in [0.29, 0.717) is 22.9 Å². The van der Waals surface area contributed by atoms with Crippen molar-refractivity contribution in [1.29, 1.82) is 0 Å². The molecule has 0 saturated carbocycles. The Morgan fingerprint density at radius 3 is 2.80 bits per heavy atom. The summed E-state index contributed by atoms with van der Waals surface area (Å²) in [6.07, 6.45) is 2.02. The van der Waals surface area contributed by atoms with Gasteiger partial charge in [0.2, 0.25) is 5.91 Å². The summed E-state index contributed by atoms with van der Waals surface area (Å²) < 4.78 is 0. The Balaban J connectivity index is 1.76. The lowest BCUT2D eigenvalue weighted by Gasteiger charge is -2.22. The number of hydrogen-bond donors (Lipinski definition) is 3. The Morgan fingerprint density at radius 2 is 2.03 bits per heavy atom. The number of nitrogens with zero attached hydrogens (tertiary/aromatic N) is 3. The third kappa shape index (κ3) is 3.12. The average molecular weight is 415 g/mol. The maximum Gasteiger partial charge on any atom is 0.249 e. The second kappa shape index (κ2) is 7.01. The van der Waals surface area contributed by atoms with Gasteiger partial charge in [0, 0.05) is 22.0 Å². The number of primary amides is 1. The molecule has 5 rings (SSSR count). The number of pyridine rings is 1. The van der Waals surface area contributed by atoms with Crippen molar-refractivity contribution in [2.45, 2.75) is 13.2 Å². The lowest BCUT2D eigenvalue weighted by Crippen LogP contribution is -2.33. The van der Waals surface area contributed by atoms with Crippen LogP contribution in [0.3, 0.4) is 0 Å². The molecule has 3 aromatic heterocycles. The third-order valence-electron chi connectivity index (χ3n) is 4.92. The van der Waals surface area contributed by atoms with E-state index in [1.54, 1.807) is 17.5 Å². The fourth-order valence-electron chi connectivity index (χ4n) is 3.45. The van der Waals surface area contributed by atoms with E-state index in [2.05, 4.69) is 10.3 Å². The number of carbonyl (C=O) groups is 1.